The third kappa shape index (κ3) is 6.76. The smallest absolute Gasteiger partial charge is 0.302 e. The molecule has 0 aliphatic heterocycles. The zero-order valence-electron chi connectivity index (χ0n) is 13.1. The van der Waals surface area contributed by atoms with Crippen LogP contribution in [0.2, 0.25) is 0 Å². The molecule has 1 aromatic carbocycles. The SMILES string of the molecule is CN(C)[C@@H]([C]1[CH][CH][CH][C]1I)c1ccccc1I.[CH]1[CH][CH][CH][CH]1.[Fe+2]. The summed E-state index contributed by atoms with van der Waals surface area (Å²) < 4.78 is 2.65. The fourth-order valence-electron chi connectivity index (χ4n) is 2.38. The summed E-state index contributed by atoms with van der Waals surface area (Å²) in [4.78, 5) is 2.27. The summed E-state index contributed by atoms with van der Waals surface area (Å²) in [5, 5.41) is 0. The average Bonchev–Trinajstić information content (AvgIpc) is 3.17. The molecule has 0 spiro atoms. The molecular formula is C19H19FeI2N+2. The second-order valence-corrected chi connectivity index (χ2v) is 7.50. The summed E-state index contributed by atoms with van der Waals surface area (Å²) in [5.41, 5.74) is 1.38. The first-order valence-corrected chi connectivity index (χ1v) is 9.25. The number of hydrogen-bond donors (Lipinski definition) is 0. The van der Waals surface area contributed by atoms with Crippen molar-refractivity contribution in [3.8, 4) is 0 Å². The summed E-state index contributed by atoms with van der Waals surface area (Å²) in [5.74, 6) is 1.39. The Labute approximate surface area is 180 Å². The van der Waals surface area contributed by atoms with E-state index in [-0.39, 0.29) is 17.1 Å². The van der Waals surface area contributed by atoms with Gasteiger partial charge in [0, 0.05) is 19.5 Å². The molecule has 120 valence electrons. The molecule has 10 radical (unpaired) electrons. The molecule has 0 unspecified atom stereocenters. The minimum absolute atomic E-state index is 0. The second kappa shape index (κ2) is 11.7. The van der Waals surface area contributed by atoms with Crippen LogP contribution in [0.5, 0.6) is 0 Å². The summed E-state index contributed by atoms with van der Waals surface area (Å²) in [7, 11) is 4.27. The van der Waals surface area contributed by atoms with E-state index in [4.69, 9.17) is 0 Å². The van der Waals surface area contributed by atoms with Crippen LogP contribution < -0.4 is 0 Å². The standard InChI is InChI=1S/C14H14I2N.C5H5.Fe/c1-17(2)14(11-7-5-9-13(11)16)10-6-3-4-8-12(10)15;1-2-4-5-3-1;/h3-9,14H,1-2H3;1-5H;/q;;+2/t14-;;/m1../s1. The molecule has 0 aromatic heterocycles. The largest absolute Gasteiger partial charge is 2.00 e. The van der Waals surface area contributed by atoms with Gasteiger partial charge in [-0.25, -0.2) is 0 Å². The van der Waals surface area contributed by atoms with Crippen molar-refractivity contribution in [2.24, 2.45) is 0 Å². The van der Waals surface area contributed by atoms with Gasteiger partial charge in [-0.1, -0.05) is 40.8 Å². The quantitative estimate of drug-likeness (QED) is 0.362. The Hall–Kier alpha value is 1.16. The molecule has 2 fully saturated rings. The molecule has 2 aliphatic rings. The molecule has 4 heteroatoms. The van der Waals surface area contributed by atoms with Crippen molar-refractivity contribution < 1.29 is 17.1 Å². The number of halogens is 2. The van der Waals surface area contributed by atoms with Gasteiger partial charge in [0.25, 0.3) is 0 Å². The third-order valence-corrected chi connectivity index (χ3v) is 5.33. The molecular weight excluding hydrogens is 552 g/mol. The minimum atomic E-state index is 0. The van der Waals surface area contributed by atoms with Crippen molar-refractivity contribution in [2.45, 2.75) is 6.04 Å². The Morgan fingerprint density at radius 3 is 1.83 bits per heavy atom. The van der Waals surface area contributed by atoms with Crippen LogP contribution in [0.3, 0.4) is 0 Å². The molecule has 2 saturated carbocycles. The van der Waals surface area contributed by atoms with Crippen LogP contribution in [-0.2, 0) is 17.1 Å². The molecule has 3 rings (SSSR count). The molecule has 23 heavy (non-hydrogen) atoms. The number of benzene rings is 1. The summed E-state index contributed by atoms with van der Waals surface area (Å²) in [6.45, 7) is 0. The van der Waals surface area contributed by atoms with E-state index >= 15 is 0 Å². The third-order valence-electron chi connectivity index (χ3n) is 3.36. The Kier molecular flexibility index (Phi) is 11.3. The van der Waals surface area contributed by atoms with Gasteiger partial charge in [-0.05, 0) is 99.7 Å². The molecule has 1 aromatic rings. The van der Waals surface area contributed by atoms with E-state index < -0.39 is 0 Å². The number of nitrogens with zero attached hydrogens (tertiary/aromatic N) is 1. The monoisotopic (exact) mass is 571 g/mol. The average molecular weight is 571 g/mol. The maximum atomic E-state index is 2.42. The number of hydrogen-bond acceptors (Lipinski definition) is 1. The molecule has 1 nitrogen and oxygen atoms in total. The zero-order valence-corrected chi connectivity index (χ0v) is 18.5. The molecule has 0 saturated heterocycles. The van der Waals surface area contributed by atoms with E-state index in [0.717, 1.165) is 0 Å². The van der Waals surface area contributed by atoms with Crippen LogP contribution in [0.15, 0.2) is 24.3 Å². The Morgan fingerprint density at radius 1 is 0.826 bits per heavy atom. The van der Waals surface area contributed by atoms with Crippen LogP contribution in [0.4, 0.5) is 0 Å². The van der Waals surface area contributed by atoms with E-state index in [2.05, 4.69) is 108 Å². The second-order valence-electron chi connectivity index (χ2n) is 5.18. The van der Waals surface area contributed by atoms with Crippen molar-refractivity contribution in [1.29, 1.82) is 0 Å². The van der Waals surface area contributed by atoms with Gasteiger partial charge in [0.05, 0.1) is 0 Å². The van der Waals surface area contributed by atoms with Crippen LogP contribution in [0.1, 0.15) is 11.6 Å². The predicted octanol–water partition coefficient (Wildman–Crippen LogP) is 5.08. The van der Waals surface area contributed by atoms with Crippen LogP contribution >= 0.6 is 45.2 Å². The summed E-state index contributed by atoms with van der Waals surface area (Å²) >= 11 is 4.83. The van der Waals surface area contributed by atoms with Gasteiger partial charge in [0.15, 0.2) is 0 Å². The molecule has 0 heterocycles. The maximum Gasteiger partial charge on any atom is 2.00 e. The van der Waals surface area contributed by atoms with Gasteiger partial charge in [-0.15, -0.1) is 0 Å². The molecule has 0 N–H and O–H groups in total. The van der Waals surface area contributed by atoms with E-state index in [1.165, 1.54) is 19.0 Å². The Balaban J connectivity index is 0.000000377. The van der Waals surface area contributed by atoms with Crippen molar-refractivity contribution in [1.82, 2.24) is 4.90 Å². The van der Waals surface area contributed by atoms with Crippen LogP contribution in [-0.4, -0.2) is 19.0 Å². The van der Waals surface area contributed by atoms with E-state index in [1.54, 1.807) is 0 Å². The molecule has 0 bridgehead atoms. The van der Waals surface area contributed by atoms with Crippen molar-refractivity contribution >= 4 is 45.2 Å². The van der Waals surface area contributed by atoms with Crippen molar-refractivity contribution in [2.75, 3.05) is 14.1 Å². The van der Waals surface area contributed by atoms with Gasteiger partial charge in [0.1, 0.15) is 0 Å². The minimum Gasteiger partial charge on any atom is -0.302 e. The van der Waals surface area contributed by atoms with E-state index in [1.807, 2.05) is 32.1 Å². The fraction of sp³-hybridized carbons (Fsp3) is 0.158. The molecule has 1 atom stereocenters. The topological polar surface area (TPSA) is 3.24 Å². The van der Waals surface area contributed by atoms with Gasteiger partial charge in [-0.3, -0.25) is 0 Å². The Morgan fingerprint density at radius 2 is 1.39 bits per heavy atom. The predicted molar refractivity (Wildman–Crippen MR) is 110 cm³/mol. The fourth-order valence-corrected chi connectivity index (χ4v) is 3.74. The zero-order chi connectivity index (χ0) is 15.9. The summed E-state index contributed by atoms with van der Waals surface area (Å²) in [6.07, 6.45) is 16.5. The van der Waals surface area contributed by atoms with E-state index in [0.29, 0.717) is 6.04 Å². The van der Waals surface area contributed by atoms with Crippen LogP contribution in [0, 0.1) is 64.8 Å². The normalized spacial score (nSPS) is 20.0. The van der Waals surface area contributed by atoms with Crippen molar-refractivity contribution in [3.63, 3.8) is 0 Å². The van der Waals surface area contributed by atoms with E-state index in [9.17, 15) is 0 Å². The van der Waals surface area contributed by atoms with Gasteiger partial charge in [0.2, 0.25) is 0 Å². The van der Waals surface area contributed by atoms with Gasteiger partial charge >= 0.3 is 17.1 Å². The molecule has 2 aliphatic carbocycles. The maximum absolute atomic E-state index is 2.42. The molecule has 0 amide bonds. The van der Waals surface area contributed by atoms with Gasteiger partial charge < -0.3 is 4.90 Å². The number of rotatable bonds is 3. The van der Waals surface area contributed by atoms with Crippen molar-refractivity contribution in [3.05, 3.63) is 94.6 Å². The first kappa shape index (κ1) is 22.2. The first-order valence-electron chi connectivity index (χ1n) is 7.10. The first-order chi connectivity index (χ1) is 10.6. The Bertz CT molecular complexity index is 441. The van der Waals surface area contributed by atoms with Gasteiger partial charge in [-0.2, -0.15) is 0 Å². The van der Waals surface area contributed by atoms with Crippen LogP contribution in [0.25, 0.3) is 0 Å². The summed E-state index contributed by atoms with van der Waals surface area (Å²) in [6, 6.07) is 8.93.